The van der Waals surface area contributed by atoms with Gasteiger partial charge in [0.05, 0.1) is 6.61 Å². The lowest BCUT2D eigenvalue weighted by Crippen LogP contribution is -2.13. The summed E-state index contributed by atoms with van der Waals surface area (Å²) < 4.78 is 6.62. The molecule has 0 heterocycles. The van der Waals surface area contributed by atoms with Crippen LogP contribution in [-0.4, -0.2) is 19.7 Å². The van der Waals surface area contributed by atoms with Crippen LogP contribution in [0.5, 0.6) is 5.75 Å². The van der Waals surface area contributed by atoms with Crippen molar-refractivity contribution >= 4 is 15.9 Å². The maximum Gasteiger partial charge on any atom is 0.120 e. The van der Waals surface area contributed by atoms with Crippen molar-refractivity contribution < 1.29 is 4.74 Å². The molecule has 0 spiro atoms. The molecular weight excluding hydrogens is 278 g/mol. The summed E-state index contributed by atoms with van der Waals surface area (Å²) in [7, 11) is 0. The van der Waals surface area contributed by atoms with Crippen LogP contribution in [0.4, 0.5) is 0 Å². The van der Waals surface area contributed by atoms with Gasteiger partial charge in [0.1, 0.15) is 5.75 Å². The van der Waals surface area contributed by atoms with Crippen LogP contribution in [0.25, 0.3) is 0 Å². The van der Waals surface area contributed by atoms with Crippen molar-refractivity contribution in [3.63, 3.8) is 0 Å². The van der Waals surface area contributed by atoms with Gasteiger partial charge in [-0.2, -0.15) is 0 Å². The average molecular weight is 300 g/mol. The zero-order valence-corrected chi connectivity index (χ0v) is 12.3. The Hall–Kier alpha value is -0.540. The Bertz CT molecular complexity index is 328. The third-order valence-corrected chi connectivity index (χ3v) is 3.37. The molecule has 0 saturated carbocycles. The van der Waals surface area contributed by atoms with Crippen LogP contribution in [0.3, 0.4) is 0 Å². The van der Waals surface area contributed by atoms with E-state index in [4.69, 9.17) is 4.74 Å². The molecule has 0 saturated heterocycles. The molecule has 0 bridgehead atoms. The molecule has 0 aliphatic carbocycles. The minimum Gasteiger partial charge on any atom is -0.494 e. The van der Waals surface area contributed by atoms with E-state index in [9.17, 15) is 0 Å². The van der Waals surface area contributed by atoms with Gasteiger partial charge in [-0.05, 0) is 57.0 Å². The third kappa shape index (κ3) is 5.55. The molecule has 17 heavy (non-hydrogen) atoms. The van der Waals surface area contributed by atoms with Gasteiger partial charge in [0.15, 0.2) is 0 Å². The molecule has 3 heteroatoms. The van der Waals surface area contributed by atoms with Gasteiger partial charge < -0.3 is 10.1 Å². The highest BCUT2D eigenvalue weighted by Crippen LogP contribution is 2.24. The van der Waals surface area contributed by atoms with Gasteiger partial charge in [-0.3, -0.25) is 0 Å². The van der Waals surface area contributed by atoms with Gasteiger partial charge in [0.2, 0.25) is 0 Å². The summed E-state index contributed by atoms with van der Waals surface area (Å²) in [6, 6.07) is 6.26. The molecule has 0 amide bonds. The quantitative estimate of drug-likeness (QED) is 0.738. The number of rotatable bonds is 8. The average Bonchev–Trinajstić information content (AvgIpc) is 2.32. The highest BCUT2D eigenvalue weighted by atomic mass is 79.9. The van der Waals surface area contributed by atoms with Crippen molar-refractivity contribution in [3.8, 4) is 5.75 Å². The minimum atomic E-state index is 0.717. The lowest BCUT2D eigenvalue weighted by atomic mass is 10.1. The molecule has 0 aliphatic heterocycles. The second-order valence-electron chi connectivity index (χ2n) is 4.00. The lowest BCUT2D eigenvalue weighted by Gasteiger charge is -2.08. The van der Waals surface area contributed by atoms with Gasteiger partial charge in [-0.25, -0.2) is 0 Å². The fourth-order valence-electron chi connectivity index (χ4n) is 1.73. The zero-order valence-electron chi connectivity index (χ0n) is 10.8. The van der Waals surface area contributed by atoms with Gasteiger partial charge >= 0.3 is 0 Å². The van der Waals surface area contributed by atoms with E-state index < -0.39 is 0 Å². The predicted molar refractivity (Wildman–Crippen MR) is 76.8 cm³/mol. The topological polar surface area (TPSA) is 21.3 Å². The molecule has 0 aliphatic rings. The fraction of sp³-hybridized carbons (Fsp3) is 0.571. The van der Waals surface area contributed by atoms with Crippen LogP contribution in [-0.2, 0) is 6.42 Å². The Kier molecular flexibility index (Phi) is 7.29. The van der Waals surface area contributed by atoms with E-state index in [2.05, 4.69) is 40.3 Å². The summed E-state index contributed by atoms with van der Waals surface area (Å²) in [5.74, 6) is 0.941. The molecular formula is C14H22BrNO. The second kappa shape index (κ2) is 8.54. The molecule has 0 atom stereocenters. The number of hydrogen-bond donors (Lipinski definition) is 1. The van der Waals surface area contributed by atoms with Crippen molar-refractivity contribution in [2.24, 2.45) is 0 Å². The molecule has 0 fully saturated rings. The molecule has 1 N–H and O–H groups in total. The zero-order chi connectivity index (χ0) is 12.5. The van der Waals surface area contributed by atoms with E-state index in [0.29, 0.717) is 6.61 Å². The number of ether oxygens (including phenoxy) is 1. The lowest BCUT2D eigenvalue weighted by molar-refractivity contribution is 0.340. The Morgan fingerprint density at radius 3 is 2.71 bits per heavy atom. The highest BCUT2D eigenvalue weighted by molar-refractivity contribution is 9.10. The van der Waals surface area contributed by atoms with Crippen molar-refractivity contribution in [2.45, 2.75) is 33.1 Å². The Balaban J connectivity index is 2.38. The normalized spacial score (nSPS) is 10.5. The predicted octanol–water partition coefficient (Wildman–Crippen LogP) is 3.78. The van der Waals surface area contributed by atoms with Gasteiger partial charge in [-0.1, -0.05) is 28.9 Å². The van der Waals surface area contributed by atoms with Crippen LogP contribution in [0, 0.1) is 0 Å². The maximum absolute atomic E-state index is 5.46. The van der Waals surface area contributed by atoms with E-state index in [-0.39, 0.29) is 0 Å². The third-order valence-electron chi connectivity index (χ3n) is 2.64. The summed E-state index contributed by atoms with van der Waals surface area (Å²) in [6.07, 6.45) is 3.57. The fourth-order valence-corrected chi connectivity index (χ4v) is 2.29. The van der Waals surface area contributed by atoms with E-state index in [0.717, 1.165) is 29.7 Å². The first-order valence-corrected chi connectivity index (χ1v) is 7.19. The number of hydrogen-bond acceptors (Lipinski definition) is 2. The number of nitrogens with one attached hydrogen (secondary N) is 1. The van der Waals surface area contributed by atoms with E-state index in [1.54, 1.807) is 0 Å². The van der Waals surface area contributed by atoms with Crippen molar-refractivity contribution in [1.29, 1.82) is 0 Å². The molecule has 0 aromatic heterocycles. The largest absolute Gasteiger partial charge is 0.494 e. The van der Waals surface area contributed by atoms with Gasteiger partial charge in [0, 0.05) is 4.47 Å². The van der Waals surface area contributed by atoms with Crippen LogP contribution in [0.15, 0.2) is 22.7 Å². The summed E-state index contributed by atoms with van der Waals surface area (Å²) in [5, 5.41) is 3.34. The highest BCUT2D eigenvalue weighted by Gasteiger charge is 2.02. The molecule has 1 aromatic rings. The maximum atomic E-state index is 5.46. The number of halogens is 1. The Morgan fingerprint density at radius 1 is 1.24 bits per heavy atom. The first-order valence-electron chi connectivity index (χ1n) is 6.39. The smallest absolute Gasteiger partial charge is 0.120 e. The first kappa shape index (κ1) is 14.5. The van der Waals surface area contributed by atoms with Crippen LogP contribution in [0.2, 0.25) is 0 Å². The van der Waals surface area contributed by atoms with Crippen molar-refractivity contribution in [2.75, 3.05) is 19.7 Å². The van der Waals surface area contributed by atoms with Crippen LogP contribution < -0.4 is 10.1 Å². The number of benzene rings is 1. The van der Waals surface area contributed by atoms with Crippen LogP contribution >= 0.6 is 15.9 Å². The van der Waals surface area contributed by atoms with E-state index in [1.165, 1.54) is 18.4 Å². The SMILES string of the molecule is CCNCCCCc1ccc(OCC)cc1Br. The molecule has 96 valence electrons. The number of unbranched alkanes of at least 4 members (excludes halogenated alkanes) is 1. The van der Waals surface area contributed by atoms with E-state index >= 15 is 0 Å². The van der Waals surface area contributed by atoms with Crippen LogP contribution in [0.1, 0.15) is 32.3 Å². The number of aryl methyl sites for hydroxylation is 1. The molecule has 1 aromatic carbocycles. The molecule has 1 rings (SSSR count). The Labute approximate surface area is 113 Å². The molecule has 2 nitrogen and oxygen atoms in total. The second-order valence-corrected chi connectivity index (χ2v) is 4.85. The van der Waals surface area contributed by atoms with Crippen molar-refractivity contribution in [1.82, 2.24) is 5.32 Å². The van der Waals surface area contributed by atoms with Crippen molar-refractivity contribution in [3.05, 3.63) is 28.2 Å². The monoisotopic (exact) mass is 299 g/mol. The molecule has 0 radical (unpaired) electrons. The summed E-state index contributed by atoms with van der Waals surface area (Å²) >= 11 is 3.60. The molecule has 0 unspecified atom stereocenters. The van der Waals surface area contributed by atoms with Gasteiger partial charge in [-0.15, -0.1) is 0 Å². The summed E-state index contributed by atoms with van der Waals surface area (Å²) in [4.78, 5) is 0. The summed E-state index contributed by atoms with van der Waals surface area (Å²) in [6.45, 7) is 7.04. The standard InChI is InChI=1S/C14H22BrNO/c1-3-16-10-6-5-7-12-8-9-13(17-4-2)11-14(12)15/h8-9,11,16H,3-7,10H2,1-2H3. The first-order chi connectivity index (χ1) is 8.27. The van der Waals surface area contributed by atoms with Gasteiger partial charge in [0.25, 0.3) is 0 Å². The minimum absolute atomic E-state index is 0.717. The Morgan fingerprint density at radius 2 is 2.06 bits per heavy atom. The van der Waals surface area contributed by atoms with E-state index in [1.807, 2.05) is 13.0 Å². The summed E-state index contributed by atoms with van der Waals surface area (Å²) in [5.41, 5.74) is 1.37.